The van der Waals surface area contributed by atoms with Gasteiger partial charge in [-0.2, -0.15) is 8.78 Å². The maximum absolute atomic E-state index is 12.4. The quantitative estimate of drug-likeness (QED) is 0.773. The maximum Gasteiger partial charge on any atom is 0.387 e. The van der Waals surface area contributed by atoms with Crippen LogP contribution >= 0.6 is 24.0 Å². The topological polar surface area (TPSA) is 72.6 Å². The first-order chi connectivity index (χ1) is 9.99. The van der Waals surface area contributed by atoms with E-state index in [0.717, 1.165) is 16.4 Å². The van der Waals surface area contributed by atoms with Crippen molar-refractivity contribution in [2.75, 3.05) is 20.1 Å². The van der Waals surface area contributed by atoms with Gasteiger partial charge in [0, 0.05) is 13.6 Å². The predicted molar refractivity (Wildman–Crippen MR) is 88.0 cm³/mol. The summed E-state index contributed by atoms with van der Waals surface area (Å²) in [4.78, 5) is -0.102. The van der Waals surface area contributed by atoms with Crippen LogP contribution in [-0.4, -0.2) is 39.5 Å². The number of sulfonamides is 1. The molecule has 0 heterocycles. The minimum absolute atomic E-state index is 0. The molecule has 0 saturated heterocycles. The van der Waals surface area contributed by atoms with Gasteiger partial charge in [0.2, 0.25) is 10.0 Å². The highest BCUT2D eigenvalue weighted by atomic mass is 35.5. The van der Waals surface area contributed by atoms with Crippen LogP contribution in [-0.2, 0) is 10.0 Å². The van der Waals surface area contributed by atoms with Gasteiger partial charge in [-0.05, 0) is 30.2 Å². The molecule has 134 valence electrons. The summed E-state index contributed by atoms with van der Waals surface area (Å²) in [6, 6.07) is 3.36. The molecular formula is C13H20Cl2F2N2O3S. The molecule has 0 saturated carbocycles. The average Bonchev–Trinajstić information content (AvgIpc) is 2.40. The second-order valence-corrected chi connectivity index (χ2v) is 8.05. The molecule has 1 aromatic rings. The molecule has 0 bridgehead atoms. The SMILES string of the molecule is CN(CC(C)(C)CN)S(=O)(=O)c1ccc(OC(F)F)c(Cl)c1.Cl. The Morgan fingerprint density at radius 2 is 1.96 bits per heavy atom. The van der Waals surface area contributed by atoms with Crippen molar-refractivity contribution in [2.45, 2.75) is 25.4 Å². The molecule has 10 heteroatoms. The summed E-state index contributed by atoms with van der Waals surface area (Å²) in [7, 11) is -2.38. The zero-order valence-electron chi connectivity index (χ0n) is 12.9. The molecule has 0 aromatic heterocycles. The summed E-state index contributed by atoms with van der Waals surface area (Å²) < 4.78 is 54.6. The van der Waals surface area contributed by atoms with Crippen molar-refractivity contribution in [3.63, 3.8) is 0 Å². The lowest BCUT2D eigenvalue weighted by molar-refractivity contribution is -0.0498. The molecule has 0 amide bonds. The van der Waals surface area contributed by atoms with E-state index in [1.54, 1.807) is 0 Å². The fraction of sp³-hybridized carbons (Fsp3) is 0.538. The molecule has 0 aliphatic rings. The van der Waals surface area contributed by atoms with E-state index in [0.29, 0.717) is 6.54 Å². The van der Waals surface area contributed by atoms with Crippen molar-refractivity contribution in [3.8, 4) is 5.75 Å². The average molecular weight is 393 g/mol. The van der Waals surface area contributed by atoms with Crippen LogP contribution < -0.4 is 10.5 Å². The molecule has 0 fully saturated rings. The van der Waals surface area contributed by atoms with Crippen molar-refractivity contribution in [1.29, 1.82) is 0 Å². The van der Waals surface area contributed by atoms with Crippen molar-refractivity contribution in [2.24, 2.45) is 11.1 Å². The van der Waals surface area contributed by atoms with Gasteiger partial charge in [-0.1, -0.05) is 25.4 Å². The van der Waals surface area contributed by atoms with Crippen molar-refractivity contribution >= 4 is 34.0 Å². The summed E-state index contributed by atoms with van der Waals surface area (Å²) in [6.07, 6.45) is 0. The Hall–Kier alpha value is -0.670. The number of halogens is 4. The predicted octanol–water partition coefficient (Wildman–Crippen LogP) is 2.97. The number of benzene rings is 1. The normalized spacial score (nSPS) is 12.4. The van der Waals surface area contributed by atoms with Gasteiger partial charge in [-0.15, -0.1) is 12.4 Å². The molecule has 0 aliphatic carbocycles. The van der Waals surface area contributed by atoms with Crippen LogP contribution in [0, 0.1) is 5.41 Å². The van der Waals surface area contributed by atoms with Crippen LogP contribution in [0.3, 0.4) is 0 Å². The summed E-state index contributed by atoms with van der Waals surface area (Å²) in [5.41, 5.74) is 5.20. The largest absolute Gasteiger partial charge is 0.433 e. The summed E-state index contributed by atoms with van der Waals surface area (Å²) in [6.45, 7) is 1.16. The highest BCUT2D eigenvalue weighted by Crippen LogP contribution is 2.30. The molecule has 0 unspecified atom stereocenters. The number of hydrogen-bond acceptors (Lipinski definition) is 4. The zero-order chi connectivity index (χ0) is 17.1. The first-order valence-electron chi connectivity index (χ1n) is 6.40. The molecule has 2 N–H and O–H groups in total. The third-order valence-electron chi connectivity index (χ3n) is 3.03. The molecule has 0 atom stereocenters. The highest BCUT2D eigenvalue weighted by Gasteiger charge is 2.27. The minimum atomic E-state index is -3.80. The van der Waals surface area contributed by atoms with E-state index in [2.05, 4.69) is 4.74 Å². The molecule has 1 aromatic carbocycles. The van der Waals surface area contributed by atoms with Gasteiger partial charge in [0.15, 0.2) is 0 Å². The number of hydrogen-bond donors (Lipinski definition) is 1. The first kappa shape index (κ1) is 22.3. The van der Waals surface area contributed by atoms with E-state index >= 15 is 0 Å². The Morgan fingerprint density at radius 1 is 1.39 bits per heavy atom. The number of nitrogens with two attached hydrogens (primary N) is 1. The Balaban J connectivity index is 0.00000484. The van der Waals surface area contributed by atoms with E-state index in [9.17, 15) is 17.2 Å². The Bertz CT molecular complexity index is 628. The second kappa shape index (κ2) is 8.43. The van der Waals surface area contributed by atoms with E-state index in [4.69, 9.17) is 17.3 Å². The van der Waals surface area contributed by atoms with Crippen molar-refractivity contribution in [1.82, 2.24) is 4.31 Å². The minimum Gasteiger partial charge on any atom is -0.433 e. The number of rotatable bonds is 7. The smallest absolute Gasteiger partial charge is 0.387 e. The van der Waals surface area contributed by atoms with E-state index < -0.39 is 22.0 Å². The lowest BCUT2D eigenvalue weighted by atomic mass is 9.94. The van der Waals surface area contributed by atoms with Gasteiger partial charge < -0.3 is 10.5 Å². The fourth-order valence-corrected chi connectivity index (χ4v) is 3.44. The van der Waals surface area contributed by atoms with Crippen LogP contribution in [0.1, 0.15) is 13.8 Å². The second-order valence-electron chi connectivity index (χ2n) is 5.60. The lowest BCUT2D eigenvalue weighted by Crippen LogP contribution is -2.39. The number of ether oxygens (including phenoxy) is 1. The third kappa shape index (κ3) is 6.04. The van der Waals surface area contributed by atoms with Crippen LogP contribution in [0.15, 0.2) is 23.1 Å². The molecule has 0 spiro atoms. The van der Waals surface area contributed by atoms with Crippen LogP contribution in [0.2, 0.25) is 5.02 Å². The van der Waals surface area contributed by atoms with Gasteiger partial charge in [-0.3, -0.25) is 0 Å². The molecular weight excluding hydrogens is 373 g/mol. The van der Waals surface area contributed by atoms with Crippen molar-refractivity contribution in [3.05, 3.63) is 23.2 Å². The molecule has 0 aliphatic heterocycles. The number of nitrogens with zero attached hydrogens (tertiary/aromatic N) is 1. The van der Waals surface area contributed by atoms with Crippen LogP contribution in [0.4, 0.5) is 8.78 Å². The number of alkyl halides is 2. The summed E-state index contributed by atoms with van der Waals surface area (Å²) >= 11 is 5.78. The van der Waals surface area contributed by atoms with Gasteiger partial charge in [0.1, 0.15) is 5.75 Å². The molecule has 23 heavy (non-hydrogen) atoms. The highest BCUT2D eigenvalue weighted by molar-refractivity contribution is 7.89. The monoisotopic (exact) mass is 392 g/mol. The van der Waals surface area contributed by atoms with Gasteiger partial charge >= 0.3 is 6.61 Å². The van der Waals surface area contributed by atoms with Gasteiger partial charge in [0.25, 0.3) is 0 Å². The first-order valence-corrected chi connectivity index (χ1v) is 8.22. The lowest BCUT2D eigenvalue weighted by Gasteiger charge is -2.28. The van der Waals surface area contributed by atoms with Crippen LogP contribution in [0.25, 0.3) is 0 Å². The van der Waals surface area contributed by atoms with E-state index in [1.165, 1.54) is 13.1 Å². The standard InChI is InChI=1S/C13H19ClF2N2O3S.ClH/c1-13(2,7-17)8-18(3)22(19,20)9-4-5-11(10(14)6-9)21-12(15)16;/h4-6,12H,7-8,17H2,1-3H3;1H. The van der Waals surface area contributed by atoms with E-state index in [1.807, 2.05) is 13.8 Å². The van der Waals surface area contributed by atoms with Crippen molar-refractivity contribution < 1.29 is 21.9 Å². The van der Waals surface area contributed by atoms with Gasteiger partial charge in [-0.25, -0.2) is 12.7 Å². The molecule has 0 radical (unpaired) electrons. The molecule has 1 rings (SSSR count). The maximum atomic E-state index is 12.4. The van der Waals surface area contributed by atoms with Crippen LogP contribution in [0.5, 0.6) is 5.75 Å². The van der Waals surface area contributed by atoms with E-state index in [-0.39, 0.29) is 34.6 Å². The Labute approximate surface area is 146 Å². The summed E-state index contributed by atoms with van der Waals surface area (Å²) in [5, 5.41) is -0.201. The zero-order valence-corrected chi connectivity index (χ0v) is 15.3. The van der Waals surface area contributed by atoms with Gasteiger partial charge in [0.05, 0.1) is 9.92 Å². The summed E-state index contributed by atoms with van der Waals surface area (Å²) in [5.74, 6) is -0.277. The fourth-order valence-electron chi connectivity index (χ4n) is 1.77. The molecule has 5 nitrogen and oxygen atoms in total. The third-order valence-corrected chi connectivity index (χ3v) is 5.13. The Morgan fingerprint density at radius 3 is 2.39 bits per heavy atom. The Kier molecular flexibility index (Phi) is 8.19.